The largest absolute Gasteiger partial charge is 0.481 e. The van der Waals surface area contributed by atoms with E-state index in [2.05, 4.69) is 5.10 Å². The Kier molecular flexibility index (Phi) is 1.86. The quantitative estimate of drug-likeness (QED) is 0.801. The molecule has 1 aromatic heterocycles. The number of halogens is 2. The highest BCUT2D eigenvalue weighted by atomic mass is 19.3. The lowest BCUT2D eigenvalue weighted by molar-refractivity contribution is 0.0881. The number of ether oxygens (including phenoxy) is 1. The average Bonchev–Trinajstić information content (AvgIpc) is 2.48. The van der Waals surface area contributed by atoms with Gasteiger partial charge in [-0.05, 0) is 6.92 Å². The van der Waals surface area contributed by atoms with Crippen molar-refractivity contribution in [2.24, 2.45) is 12.8 Å². The van der Waals surface area contributed by atoms with E-state index in [1.165, 1.54) is 11.8 Å². The molecular weight excluding hydrogens is 204 g/mol. The summed E-state index contributed by atoms with van der Waals surface area (Å²) in [6, 6.07) is 0. The van der Waals surface area contributed by atoms with Gasteiger partial charge in [-0.2, -0.15) is 5.10 Å². The van der Waals surface area contributed by atoms with Crippen molar-refractivity contribution >= 4 is 0 Å². The monoisotopic (exact) mass is 217 g/mol. The van der Waals surface area contributed by atoms with Crippen molar-refractivity contribution in [1.29, 1.82) is 0 Å². The summed E-state index contributed by atoms with van der Waals surface area (Å²) >= 11 is 0. The van der Waals surface area contributed by atoms with E-state index in [0.717, 1.165) is 0 Å². The number of rotatable bonds is 2. The maximum absolute atomic E-state index is 13.2. The Morgan fingerprint density at radius 1 is 1.53 bits per heavy atom. The first-order valence-electron chi connectivity index (χ1n) is 4.58. The van der Waals surface area contributed by atoms with Crippen LogP contribution in [0.4, 0.5) is 8.78 Å². The Balaban J connectivity index is 2.54. The molecule has 0 aromatic carbocycles. The molecule has 84 valence electrons. The second-order valence-electron chi connectivity index (χ2n) is 3.95. The normalized spacial score (nSPS) is 27.9. The van der Waals surface area contributed by atoms with Gasteiger partial charge >= 0.3 is 0 Å². The molecule has 1 saturated carbocycles. The number of hydrogen-bond donors (Lipinski definition) is 1. The molecule has 0 radical (unpaired) electrons. The van der Waals surface area contributed by atoms with Gasteiger partial charge in [-0.3, -0.25) is 0 Å². The second kappa shape index (κ2) is 2.69. The van der Waals surface area contributed by atoms with Crippen LogP contribution in [-0.2, 0) is 12.6 Å². The average molecular weight is 217 g/mol. The van der Waals surface area contributed by atoms with Crippen LogP contribution in [0.3, 0.4) is 0 Å². The minimum Gasteiger partial charge on any atom is -0.481 e. The summed E-state index contributed by atoms with van der Waals surface area (Å²) in [5.74, 6) is -2.54. The van der Waals surface area contributed by atoms with E-state index in [1.54, 1.807) is 14.0 Å². The van der Waals surface area contributed by atoms with Gasteiger partial charge in [0.1, 0.15) is 5.54 Å². The molecule has 0 amide bonds. The first-order valence-corrected chi connectivity index (χ1v) is 4.58. The van der Waals surface area contributed by atoms with Gasteiger partial charge in [0.15, 0.2) is 0 Å². The zero-order chi connectivity index (χ0) is 11.4. The van der Waals surface area contributed by atoms with Gasteiger partial charge in [-0.15, -0.1) is 0 Å². The molecule has 1 atom stereocenters. The molecule has 1 aliphatic rings. The molecule has 0 saturated heterocycles. The van der Waals surface area contributed by atoms with Crippen LogP contribution in [0.2, 0.25) is 0 Å². The van der Waals surface area contributed by atoms with Crippen LogP contribution in [0.25, 0.3) is 0 Å². The van der Waals surface area contributed by atoms with Gasteiger partial charge in [-0.25, -0.2) is 13.5 Å². The molecule has 2 N–H and O–H groups in total. The van der Waals surface area contributed by atoms with E-state index in [0.29, 0.717) is 17.1 Å². The number of aryl methyl sites for hydroxylation is 2. The molecule has 1 aliphatic carbocycles. The first-order chi connectivity index (χ1) is 6.83. The maximum Gasteiger partial charge on any atom is 0.272 e. The molecule has 6 heteroatoms. The smallest absolute Gasteiger partial charge is 0.272 e. The topological polar surface area (TPSA) is 53.1 Å². The van der Waals surface area contributed by atoms with E-state index >= 15 is 0 Å². The molecule has 0 aliphatic heterocycles. The van der Waals surface area contributed by atoms with E-state index in [1.807, 2.05) is 0 Å². The summed E-state index contributed by atoms with van der Waals surface area (Å²) in [6.07, 6.45) is -0.344. The fraction of sp³-hybridized carbons (Fsp3) is 0.667. The lowest BCUT2D eigenvalue weighted by atomic mass is 10.1. The molecule has 4 nitrogen and oxygen atoms in total. The van der Waals surface area contributed by atoms with Gasteiger partial charge in [0.2, 0.25) is 5.88 Å². The van der Waals surface area contributed by atoms with Crippen molar-refractivity contribution in [1.82, 2.24) is 9.78 Å². The van der Waals surface area contributed by atoms with Crippen LogP contribution in [0, 0.1) is 6.92 Å². The van der Waals surface area contributed by atoms with Crippen molar-refractivity contribution < 1.29 is 13.5 Å². The van der Waals surface area contributed by atoms with Crippen LogP contribution in [-0.4, -0.2) is 22.8 Å². The molecule has 1 unspecified atom stereocenters. The fourth-order valence-electron chi connectivity index (χ4n) is 1.96. The van der Waals surface area contributed by atoms with Gasteiger partial charge in [0, 0.05) is 13.5 Å². The van der Waals surface area contributed by atoms with Crippen molar-refractivity contribution in [3.8, 4) is 5.88 Å². The van der Waals surface area contributed by atoms with Crippen LogP contribution in [0.15, 0.2) is 0 Å². The molecule has 15 heavy (non-hydrogen) atoms. The maximum atomic E-state index is 13.2. The number of hydrogen-bond acceptors (Lipinski definition) is 3. The molecule has 1 aromatic rings. The summed E-state index contributed by atoms with van der Waals surface area (Å²) < 4.78 is 32.8. The number of methoxy groups -OCH3 is 1. The standard InChI is InChI=1S/C9H13F2N3O/c1-5-6(7(15-3)14(2)13-5)8(12)4-9(8,10)11/h4,12H2,1-3H3. The third-order valence-electron chi connectivity index (χ3n) is 2.84. The Bertz CT molecular complexity index is 416. The highest BCUT2D eigenvalue weighted by Crippen LogP contribution is 2.60. The van der Waals surface area contributed by atoms with Crippen molar-refractivity contribution in [2.45, 2.75) is 24.8 Å². The van der Waals surface area contributed by atoms with Crippen molar-refractivity contribution in [3.05, 3.63) is 11.3 Å². The van der Waals surface area contributed by atoms with E-state index < -0.39 is 11.5 Å². The zero-order valence-electron chi connectivity index (χ0n) is 8.84. The lowest BCUT2D eigenvalue weighted by Gasteiger charge is -2.11. The Hall–Kier alpha value is -1.17. The summed E-state index contributed by atoms with van der Waals surface area (Å²) in [4.78, 5) is 0. The Morgan fingerprint density at radius 3 is 2.47 bits per heavy atom. The number of nitrogens with zero attached hydrogens (tertiary/aromatic N) is 2. The molecule has 2 rings (SSSR count). The highest BCUT2D eigenvalue weighted by molar-refractivity contribution is 5.45. The van der Waals surface area contributed by atoms with Crippen LogP contribution >= 0.6 is 0 Å². The summed E-state index contributed by atoms with van der Waals surface area (Å²) in [5.41, 5.74) is 4.86. The third-order valence-corrected chi connectivity index (χ3v) is 2.84. The SMILES string of the molecule is COc1c(C2(N)CC2(F)F)c(C)nn1C. The molecule has 1 heterocycles. The predicted octanol–water partition coefficient (Wildman–Crippen LogP) is 0.930. The highest BCUT2D eigenvalue weighted by Gasteiger charge is 2.72. The van der Waals surface area contributed by atoms with Gasteiger partial charge in [0.25, 0.3) is 5.92 Å². The minimum atomic E-state index is -2.85. The van der Waals surface area contributed by atoms with Crippen LogP contribution in [0.1, 0.15) is 17.7 Å². The van der Waals surface area contributed by atoms with Crippen molar-refractivity contribution in [3.63, 3.8) is 0 Å². The zero-order valence-corrected chi connectivity index (χ0v) is 8.84. The number of nitrogens with two attached hydrogens (primary N) is 1. The summed E-state index contributed by atoms with van der Waals surface area (Å²) in [6.45, 7) is 1.65. The molecule has 1 fully saturated rings. The molecular formula is C9H13F2N3O. The number of aromatic nitrogens is 2. The fourth-order valence-corrected chi connectivity index (χ4v) is 1.96. The van der Waals surface area contributed by atoms with E-state index in [-0.39, 0.29) is 6.42 Å². The summed E-state index contributed by atoms with van der Waals surface area (Å²) in [5, 5.41) is 4.03. The van der Waals surface area contributed by atoms with E-state index in [9.17, 15) is 8.78 Å². The minimum absolute atomic E-state index is 0.312. The van der Waals surface area contributed by atoms with Gasteiger partial charge < -0.3 is 10.5 Å². The van der Waals surface area contributed by atoms with Gasteiger partial charge in [-0.1, -0.05) is 0 Å². The van der Waals surface area contributed by atoms with Crippen LogP contribution in [0.5, 0.6) is 5.88 Å². The molecule has 0 spiro atoms. The van der Waals surface area contributed by atoms with Crippen LogP contribution < -0.4 is 10.5 Å². The van der Waals surface area contributed by atoms with E-state index in [4.69, 9.17) is 10.5 Å². The first kappa shape index (κ1) is 10.4. The Labute approximate surface area is 86.0 Å². The lowest BCUT2D eigenvalue weighted by Crippen LogP contribution is -2.28. The second-order valence-corrected chi connectivity index (χ2v) is 3.95. The summed E-state index contributed by atoms with van der Waals surface area (Å²) in [7, 11) is 3.06. The van der Waals surface area contributed by atoms with Gasteiger partial charge in [0.05, 0.1) is 18.4 Å². The third kappa shape index (κ3) is 1.17. The molecule has 0 bridgehead atoms. The Morgan fingerprint density at radius 2 is 2.07 bits per heavy atom. The number of alkyl halides is 2. The predicted molar refractivity (Wildman–Crippen MR) is 49.9 cm³/mol. The van der Waals surface area contributed by atoms with Crippen molar-refractivity contribution in [2.75, 3.05) is 7.11 Å².